The minimum Gasteiger partial charge on any atom is -0.478 e. The van der Waals surface area contributed by atoms with Crippen molar-refractivity contribution >= 4 is 31.9 Å². The van der Waals surface area contributed by atoms with Crippen molar-refractivity contribution in [2.45, 2.75) is 25.2 Å². The molecule has 0 spiro atoms. The van der Waals surface area contributed by atoms with Gasteiger partial charge in [0.05, 0.1) is 10.5 Å². The van der Waals surface area contributed by atoms with Gasteiger partial charge in [0.1, 0.15) is 0 Å². The van der Waals surface area contributed by atoms with Crippen LogP contribution < -0.4 is 0 Å². The van der Waals surface area contributed by atoms with Gasteiger partial charge in [0.15, 0.2) is 0 Å². The summed E-state index contributed by atoms with van der Waals surface area (Å²) in [5, 5.41) is 9.18. The van der Waals surface area contributed by atoms with Crippen molar-refractivity contribution in [2.24, 2.45) is 11.8 Å². The Morgan fingerprint density at radius 1 is 1.48 bits per heavy atom. The highest BCUT2D eigenvalue weighted by Gasteiger charge is 2.36. The lowest BCUT2D eigenvalue weighted by Gasteiger charge is -2.18. The number of carboxylic acid groups (broad SMARTS) is 1. The predicted molar refractivity (Wildman–Crippen MR) is 82.9 cm³/mol. The van der Waals surface area contributed by atoms with Gasteiger partial charge in [0.25, 0.3) is 0 Å². The molecule has 0 aliphatic heterocycles. The number of carboxylic acids is 1. The van der Waals surface area contributed by atoms with E-state index < -0.39 is 16.0 Å². The van der Waals surface area contributed by atoms with Gasteiger partial charge in [-0.25, -0.2) is 17.5 Å². The lowest BCUT2D eigenvalue weighted by atomic mass is 10.1. The van der Waals surface area contributed by atoms with Crippen molar-refractivity contribution in [1.29, 1.82) is 0 Å². The van der Waals surface area contributed by atoms with Crippen molar-refractivity contribution in [3.63, 3.8) is 0 Å². The van der Waals surface area contributed by atoms with Crippen molar-refractivity contribution in [3.8, 4) is 0 Å². The molecule has 0 aromatic heterocycles. The number of aromatic carboxylic acids is 1. The molecule has 0 heterocycles. The van der Waals surface area contributed by atoms with Gasteiger partial charge in [-0.1, -0.05) is 22.9 Å². The first-order chi connectivity index (χ1) is 9.64. The third-order valence-electron chi connectivity index (χ3n) is 4.02. The Hall–Kier alpha value is -0.920. The van der Waals surface area contributed by atoms with Crippen LogP contribution >= 0.6 is 15.9 Å². The molecule has 1 aliphatic carbocycles. The Morgan fingerprint density at radius 3 is 2.52 bits per heavy atom. The smallest absolute Gasteiger partial charge is 0.336 e. The Balaban J connectivity index is 2.37. The summed E-state index contributed by atoms with van der Waals surface area (Å²) < 4.78 is 26.9. The molecule has 0 saturated heterocycles. The fraction of sp³-hybridized carbons (Fsp3) is 0.500. The first kappa shape index (κ1) is 16.5. The molecule has 0 bridgehead atoms. The van der Waals surface area contributed by atoms with Crippen LogP contribution in [0.2, 0.25) is 0 Å². The summed E-state index contributed by atoms with van der Waals surface area (Å²) in [5.74, 6) is -0.177. The van der Waals surface area contributed by atoms with E-state index in [0.717, 1.165) is 6.42 Å². The Kier molecular flexibility index (Phi) is 4.46. The fourth-order valence-corrected chi connectivity index (χ4v) is 4.18. The fourth-order valence-electron chi connectivity index (χ4n) is 2.29. The third kappa shape index (κ3) is 3.30. The zero-order chi connectivity index (χ0) is 15.9. The molecule has 1 aliphatic rings. The molecule has 21 heavy (non-hydrogen) atoms. The molecule has 1 N–H and O–H groups in total. The second kappa shape index (κ2) is 5.70. The maximum Gasteiger partial charge on any atom is 0.336 e. The summed E-state index contributed by atoms with van der Waals surface area (Å²) in [4.78, 5) is 11.2. The molecular formula is C14H18BrNO4S. The second-order valence-electron chi connectivity index (χ2n) is 5.64. The van der Waals surface area contributed by atoms with Crippen LogP contribution in [-0.4, -0.2) is 37.4 Å². The van der Waals surface area contributed by atoms with Gasteiger partial charge in [0.2, 0.25) is 10.0 Å². The van der Waals surface area contributed by atoms with Crippen LogP contribution in [0.3, 0.4) is 0 Å². The summed E-state index contributed by atoms with van der Waals surface area (Å²) >= 11 is 3.23. The predicted octanol–water partition coefficient (Wildman–Crippen LogP) is 2.73. The topological polar surface area (TPSA) is 74.7 Å². The monoisotopic (exact) mass is 375 g/mol. The van der Waals surface area contributed by atoms with Gasteiger partial charge < -0.3 is 5.11 Å². The number of benzene rings is 1. The van der Waals surface area contributed by atoms with Crippen molar-refractivity contribution in [1.82, 2.24) is 4.31 Å². The van der Waals surface area contributed by atoms with Crippen LogP contribution in [0.25, 0.3) is 0 Å². The molecule has 5 nitrogen and oxygen atoms in total. The molecule has 116 valence electrons. The lowest BCUT2D eigenvalue weighted by Crippen LogP contribution is -2.29. The van der Waals surface area contributed by atoms with Gasteiger partial charge in [-0.3, -0.25) is 0 Å². The first-order valence-corrected chi connectivity index (χ1v) is 8.87. The van der Waals surface area contributed by atoms with E-state index in [1.165, 1.54) is 23.5 Å². The van der Waals surface area contributed by atoms with Crippen molar-refractivity contribution in [2.75, 3.05) is 13.6 Å². The van der Waals surface area contributed by atoms with Gasteiger partial charge in [-0.05, 0) is 42.9 Å². The number of hydrogen-bond acceptors (Lipinski definition) is 3. The molecule has 0 radical (unpaired) electrons. The standard InChI is InChI=1S/C14H18BrNO4S/c1-8-4-10(8)7-16(3)21(19,20)11-5-12(14(17)18)9(2)13(15)6-11/h5-6,8,10H,4,7H2,1-3H3,(H,17,18). The number of sulfonamides is 1. The van der Waals surface area contributed by atoms with Crippen molar-refractivity contribution < 1.29 is 18.3 Å². The molecule has 2 atom stereocenters. The van der Waals surface area contributed by atoms with Crippen LogP contribution in [0.1, 0.15) is 29.3 Å². The van der Waals surface area contributed by atoms with Crippen LogP contribution in [0, 0.1) is 18.8 Å². The molecule has 1 aromatic rings. The minimum atomic E-state index is -3.67. The van der Waals surface area contributed by atoms with Gasteiger partial charge in [-0.15, -0.1) is 0 Å². The average Bonchev–Trinajstić information content (AvgIpc) is 3.07. The van der Waals surface area contributed by atoms with E-state index >= 15 is 0 Å². The maximum atomic E-state index is 12.6. The number of halogens is 1. The van der Waals surface area contributed by atoms with Crippen molar-refractivity contribution in [3.05, 3.63) is 27.7 Å². The van der Waals surface area contributed by atoms with Crippen LogP contribution in [0.5, 0.6) is 0 Å². The summed E-state index contributed by atoms with van der Waals surface area (Å²) in [6, 6.07) is 2.69. The molecule has 1 fully saturated rings. The Morgan fingerprint density at radius 2 is 2.05 bits per heavy atom. The molecule has 7 heteroatoms. The number of nitrogens with zero attached hydrogens (tertiary/aromatic N) is 1. The van der Waals surface area contributed by atoms with Gasteiger partial charge in [0, 0.05) is 18.1 Å². The third-order valence-corrected chi connectivity index (χ3v) is 6.65. The molecule has 1 saturated carbocycles. The average molecular weight is 376 g/mol. The van der Waals surface area contributed by atoms with Crippen LogP contribution in [0.15, 0.2) is 21.5 Å². The number of hydrogen-bond donors (Lipinski definition) is 1. The molecule has 0 amide bonds. The second-order valence-corrected chi connectivity index (χ2v) is 8.54. The highest BCUT2D eigenvalue weighted by atomic mass is 79.9. The first-order valence-electron chi connectivity index (χ1n) is 6.64. The van der Waals surface area contributed by atoms with E-state index in [0.29, 0.717) is 28.4 Å². The zero-order valence-corrected chi connectivity index (χ0v) is 14.5. The largest absolute Gasteiger partial charge is 0.478 e. The highest BCUT2D eigenvalue weighted by Crippen LogP contribution is 2.39. The molecular weight excluding hydrogens is 358 g/mol. The Labute approximate surface area is 133 Å². The normalized spacial score (nSPS) is 21.6. The minimum absolute atomic E-state index is 0.00357. The maximum absolute atomic E-state index is 12.6. The highest BCUT2D eigenvalue weighted by molar-refractivity contribution is 9.10. The summed E-state index contributed by atoms with van der Waals surface area (Å²) in [6.07, 6.45) is 1.04. The van der Waals surface area contributed by atoms with Gasteiger partial charge >= 0.3 is 5.97 Å². The number of rotatable bonds is 5. The summed E-state index contributed by atoms with van der Waals surface area (Å²) in [6.45, 7) is 4.20. The van der Waals surface area contributed by atoms with E-state index in [4.69, 9.17) is 0 Å². The Bertz CT molecular complexity index is 686. The SMILES string of the molecule is Cc1c(Br)cc(S(=O)(=O)N(C)CC2CC2C)cc1C(=O)O. The van der Waals surface area contributed by atoms with Gasteiger partial charge in [-0.2, -0.15) is 0 Å². The van der Waals surface area contributed by atoms with E-state index in [1.807, 2.05) is 0 Å². The molecule has 2 rings (SSSR count). The summed E-state index contributed by atoms with van der Waals surface area (Å²) in [7, 11) is -2.14. The van der Waals surface area contributed by atoms with E-state index in [1.54, 1.807) is 6.92 Å². The van der Waals surface area contributed by atoms with Crippen LogP contribution in [-0.2, 0) is 10.0 Å². The van der Waals surface area contributed by atoms with E-state index in [2.05, 4.69) is 22.9 Å². The van der Waals surface area contributed by atoms with Crippen LogP contribution in [0.4, 0.5) is 0 Å². The number of carbonyl (C=O) groups is 1. The molecule has 1 aromatic carbocycles. The lowest BCUT2D eigenvalue weighted by molar-refractivity contribution is 0.0695. The molecule has 2 unspecified atom stereocenters. The van der Waals surface area contributed by atoms with E-state index in [-0.39, 0.29) is 10.5 Å². The summed E-state index contributed by atoms with van der Waals surface area (Å²) in [5.41, 5.74) is 0.510. The quantitative estimate of drug-likeness (QED) is 0.858. The van der Waals surface area contributed by atoms with E-state index in [9.17, 15) is 18.3 Å². The zero-order valence-electron chi connectivity index (χ0n) is 12.1.